The molecular formula is C13H9F3N2O. The van der Waals surface area contributed by atoms with Crippen LogP contribution in [0.4, 0.5) is 13.2 Å². The van der Waals surface area contributed by atoms with Gasteiger partial charge in [0.1, 0.15) is 11.7 Å². The minimum Gasteiger partial charge on any atom is -0.405 e. The number of halogens is 3. The second-order valence-electron chi connectivity index (χ2n) is 3.58. The van der Waals surface area contributed by atoms with Gasteiger partial charge in [-0.2, -0.15) is 10.5 Å². The Kier molecular flexibility index (Phi) is 4.55. The molecule has 0 radical (unpaired) electrons. The maximum Gasteiger partial charge on any atom is 0.573 e. The van der Waals surface area contributed by atoms with Gasteiger partial charge in [-0.25, -0.2) is 0 Å². The second-order valence-corrected chi connectivity index (χ2v) is 3.58. The van der Waals surface area contributed by atoms with Crippen molar-refractivity contribution in [3.63, 3.8) is 0 Å². The highest BCUT2D eigenvalue weighted by Gasteiger charge is 2.33. The fourth-order valence-electron chi connectivity index (χ4n) is 1.61. The predicted molar refractivity (Wildman–Crippen MR) is 60.8 cm³/mol. The van der Waals surface area contributed by atoms with E-state index in [1.165, 1.54) is 24.3 Å². The van der Waals surface area contributed by atoms with Gasteiger partial charge in [-0.3, -0.25) is 0 Å². The van der Waals surface area contributed by atoms with E-state index in [-0.39, 0.29) is 5.56 Å². The van der Waals surface area contributed by atoms with Crippen LogP contribution in [-0.2, 0) is 0 Å². The first-order valence-corrected chi connectivity index (χ1v) is 5.19. The van der Waals surface area contributed by atoms with Gasteiger partial charge in [-0.05, 0) is 6.07 Å². The van der Waals surface area contributed by atoms with Crippen molar-refractivity contribution >= 4 is 0 Å². The second kappa shape index (κ2) is 5.92. The van der Waals surface area contributed by atoms with Crippen molar-refractivity contribution < 1.29 is 17.9 Å². The van der Waals surface area contributed by atoms with Crippen LogP contribution in [0.25, 0.3) is 0 Å². The van der Waals surface area contributed by atoms with Crippen LogP contribution in [0.3, 0.4) is 0 Å². The molecular weight excluding hydrogens is 257 g/mol. The van der Waals surface area contributed by atoms with Gasteiger partial charge in [0.25, 0.3) is 0 Å². The van der Waals surface area contributed by atoms with Crippen LogP contribution in [0.5, 0.6) is 5.75 Å². The molecule has 0 aromatic heterocycles. The molecule has 0 aliphatic rings. The third kappa shape index (κ3) is 3.75. The van der Waals surface area contributed by atoms with E-state index in [1.807, 2.05) is 0 Å². The summed E-state index contributed by atoms with van der Waals surface area (Å²) >= 11 is 0. The first-order valence-electron chi connectivity index (χ1n) is 5.19. The third-order valence-corrected chi connectivity index (χ3v) is 2.40. The van der Waals surface area contributed by atoms with Crippen LogP contribution >= 0.6 is 0 Å². The fraction of sp³-hybridized carbons (Fsp3) is 0.231. The highest BCUT2D eigenvalue weighted by molar-refractivity contribution is 5.41. The van der Waals surface area contributed by atoms with Gasteiger partial charge in [0, 0.05) is 11.5 Å². The molecule has 1 rings (SSSR count). The van der Waals surface area contributed by atoms with Crippen molar-refractivity contribution in [1.29, 1.82) is 10.5 Å². The lowest BCUT2D eigenvalue weighted by Gasteiger charge is -2.18. The average molecular weight is 266 g/mol. The van der Waals surface area contributed by atoms with E-state index in [9.17, 15) is 13.2 Å². The molecule has 6 heteroatoms. The molecule has 0 saturated heterocycles. The SMILES string of the molecule is C=CC(c1ccccc1OC(F)(F)F)C(C#N)C#N. The molecule has 19 heavy (non-hydrogen) atoms. The lowest BCUT2D eigenvalue weighted by Crippen LogP contribution is -2.19. The van der Waals surface area contributed by atoms with Gasteiger partial charge < -0.3 is 4.74 Å². The molecule has 3 nitrogen and oxygen atoms in total. The minimum atomic E-state index is -4.84. The van der Waals surface area contributed by atoms with Crippen LogP contribution in [-0.4, -0.2) is 6.36 Å². The normalized spacial score (nSPS) is 12.3. The highest BCUT2D eigenvalue weighted by atomic mass is 19.4. The Balaban J connectivity index is 3.23. The third-order valence-electron chi connectivity index (χ3n) is 2.40. The van der Waals surface area contributed by atoms with Gasteiger partial charge in [-0.15, -0.1) is 19.8 Å². The Morgan fingerprint density at radius 3 is 2.26 bits per heavy atom. The molecule has 1 atom stereocenters. The zero-order chi connectivity index (χ0) is 14.5. The molecule has 0 amide bonds. The first-order chi connectivity index (χ1) is 8.92. The van der Waals surface area contributed by atoms with Gasteiger partial charge >= 0.3 is 6.36 Å². The zero-order valence-corrected chi connectivity index (χ0v) is 9.69. The summed E-state index contributed by atoms with van der Waals surface area (Å²) in [6.07, 6.45) is -3.58. The monoisotopic (exact) mass is 266 g/mol. The average Bonchev–Trinajstić information content (AvgIpc) is 2.35. The number of rotatable bonds is 4. The van der Waals surface area contributed by atoms with Crippen molar-refractivity contribution in [2.45, 2.75) is 12.3 Å². The highest BCUT2D eigenvalue weighted by Crippen LogP contribution is 2.35. The molecule has 0 aliphatic heterocycles. The number of hydrogen-bond donors (Lipinski definition) is 0. The van der Waals surface area contributed by atoms with E-state index in [0.717, 1.165) is 6.07 Å². The number of ether oxygens (including phenoxy) is 1. The van der Waals surface area contributed by atoms with Crippen molar-refractivity contribution in [3.05, 3.63) is 42.5 Å². The molecule has 1 unspecified atom stereocenters. The molecule has 1 aromatic rings. The van der Waals surface area contributed by atoms with Gasteiger partial charge in [0.05, 0.1) is 12.1 Å². The van der Waals surface area contributed by atoms with E-state index in [0.29, 0.717) is 0 Å². The summed E-state index contributed by atoms with van der Waals surface area (Å²) in [5, 5.41) is 17.7. The Morgan fingerprint density at radius 1 is 1.21 bits per heavy atom. The summed E-state index contributed by atoms with van der Waals surface area (Å²) in [6, 6.07) is 8.82. The van der Waals surface area contributed by atoms with E-state index < -0.39 is 23.9 Å². The maximum absolute atomic E-state index is 12.3. The van der Waals surface area contributed by atoms with Crippen LogP contribution < -0.4 is 4.74 Å². The van der Waals surface area contributed by atoms with Gasteiger partial charge in [0.15, 0.2) is 0 Å². The van der Waals surface area contributed by atoms with Crippen LogP contribution in [0, 0.1) is 28.6 Å². The zero-order valence-electron chi connectivity index (χ0n) is 9.69. The molecule has 0 spiro atoms. The summed E-state index contributed by atoms with van der Waals surface area (Å²) < 4.78 is 40.7. The number of nitriles is 2. The topological polar surface area (TPSA) is 56.8 Å². The molecule has 0 N–H and O–H groups in total. The Hall–Kier alpha value is -2.47. The molecule has 0 aliphatic carbocycles. The lowest BCUT2D eigenvalue weighted by molar-refractivity contribution is -0.274. The van der Waals surface area contributed by atoms with E-state index in [2.05, 4.69) is 11.3 Å². The molecule has 0 bridgehead atoms. The predicted octanol–water partition coefficient (Wildman–Crippen LogP) is 3.52. The van der Waals surface area contributed by atoms with Crippen molar-refractivity contribution in [2.24, 2.45) is 5.92 Å². The quantitative estimate of drug-likeness (QED) is 0.783. The number of para-hydroxylation sites is 1. The van der Waals surface area contributed by atoms with Crippen molar-refractivity contribution in [1.82, 2.24) is 0 Å². The van der Waals surface area contributed by atoms with Crippen molar-refractivity contribution in [2.75, 3.05) is 0 Å². The van der Waals surface area contributed by atoms with E-state index >= 15 is 0 Å². The number of allylic oxidation sites excluding steroid dienone is 1. The van der Waals surface area contributed by atoms with E-state index in [4.69, 9.17) is 10.5 Å². The minimum absolute atomic E-state index is 0.0999. The number of nitrogens with zero attached hydrogens (tertiary/aromatic N) is 2. The van der Waals surface area contributed by atoms with E-state index in [1.54, 1.807) is 12.1 Å². The smallest absolute Gasteiger partial charge is 0.405 e. The van der Waals surface area contributed by atoms with Crippen LogP contribution in [0.1, 0.15) is 11.5 Å². The summed E-state index contributed by atoms with van der Waals surface area (Å²) in [5.41, 5.74) is 0.0999. The first kappa shape index (κ1) is 14.6. The van der Waals surface area contributed by atoms with Crippen LogP contribution in [0.15, 0.2) is 36.9 Å². The standard InChI is InChI=1S/C13H9F3N2O/c1-2-10(9(7-17)8-18)11-5-3-4-6-12(11)19-13(14,15)16/h2-6,9-10H,1H2. The molecule has 98 valence electrons. The largest absolute Gasteiger partial charge is 0.573 e. The van der Waals surface area contributed by atoms with Gasteiger partial charge in [-0.1, -0.05) is 24.3 Å². The van der Waals surface area contributed by atoms with Crippen molar-refractivity contribution in [3.8, 4) is 17.9 Å². The summed E-state index contributed by atoms with van der Waals surface area (Å²) in [6.45, 7) is 3.45. The number of hydrogen-bond acceptors (Lipinski definition) is 3. The molecule has 1 aromatic carbocycles. The maximum atomic E-state index is 12.3. The molecule has 0 fully saturated rings. The van der Waals surface area contributed by atoms with Gasteiger partial charge in [0.2, 0.25) is 0 Å². The summed E-state index contributed by atoms with van der Waals surface area (Å²) in [4.78, 5) is 0. The van der Waals surface area contributed by atoms with Crippen LogP contribution in [0.2, 0.25) is 0 Å². The summed E-state index contributed by atoms with van der Waals surface area (Å²) in [7, 11) is 0. The Bertz CT molecular complexity index is 526. The Morgan fingerprint density at radius 2 is 1.79 bits per heavy atom. The number of alkyl halides is 3. The Labute approximate surface area is 108 Å². The lowest BCUT2D eigenvalue weighted by atomic mass is 9.87. The summed E-state index contributed by atoms with van der Waals surface area (Å²) in [5.74, 6) is -2.42. The number of benzene rings is 1. The molecule has 0 heterocycles. The molecule has 0 saturated carbocycles. The fourth-order valence-corrected chi connectivity index (χ4v) is 1.61.